The Balaban J connectivity index is 1.70. The van der Waals surface area contributed by atoms with Crippen LogP contribution >= 0.6 is 23.2 Å². The van der Waals surface area contributed by atoms with Crippen molar-refractivity contribution in [2.24, 2.45) is 5.10 Å². The van der Waals surface area contributed by atoms with Gasteiger partial charge in [0.25, 0.3) is 0 Å². The third kappa shape index (κ3) is 5.74. The Hall–Kier alpha value is -3.30. The van der Waals surface area contributed by atoms with Gasteiger partial charge in [-0.05, 0) is 56.3 Å². The lowest BCUT2D eigenvalue weighted by Gasteiger charge is -2.12. The number of anilines is 1. The highest BCUT2D eigenvalue weighted by atomic mass is 35.5. The van der Waals surface area contributed by atoms with Gasteiger partial charge in [0.1, 0.15) is 0 Å². The fourth-order valence-electron chi connectivity index (χ4n) is 3.12. The molecule has 0 aliphatic rings. The summed E-state index contributed by atoms with van der Waals surface area (Å²) < 4.78 is 40.2. The highest BCUT2D eigenvalue weighted by Crippen LogP contribution is 2.31. The normalized spacial score (nSPS) is 11.6. The first-order valence-electron chi connectivity index (χ1n) is 9.43. The lowest BCUT2D eigenvalue weighted by Crippen LogP contribution is -2.32. The molecule has 0 unspecified atom stereocenters. The Kier molecular flexibility index (Phi) is 7.14. The van der Waals surface area contributed by atoms with Crippen LogP contribution in [0.3, 0.4) is 0 Å². The fraction of sp³-hybridized carbons (Fsp3) is 0.136. The highest BCUT2D eigenvalue weighted by Gasteiger charge is 2.30. The monoisotopic (exact) mass is 496 g/mol. The van der Waals surface area contributed by atoms with Gasteiger partial charge in [-0.2, -0.15) is 18.3 Å². The highest BCUT2D eigenvalue weighted by molar-refractivity contribution is 6.39. The predicted molar refractivity (Wildman–Crippen MR) is 121 cm³/mol. The molecule has 0 saturated heterocycles. The van der Waals surface area contributed by atoms with Gasteiger partial charge in [-0.3, -0.25) is 9.59 Å². The van der Waals surface area contributed by atoms with Crippen molar-refractivity contribution in [2.45, 2.75) is 20.0 Å². The van der Waals surface area contributed by atoms with E-state index in [0.717, 1.165) is 29.6 Å². The van der Waals surface area contributed by atoms with Gasteiger partial charge in [-0.25, -0.2) is 5.43 Å². The molecule has 0 saturated carbocycles. The number of aromatic nitrogens is 1. The summed E-state index contributed by atoms with van der Waals surface area (Å²) >= 11 is 12.4. The van der Waals surface area contributed by atoms with Crippen LogP contribution in [0.15, 0.2) is 53.6 Å². The molecule has 6 nitrogen and oxygen atoms in total. The van der Waals surface area contributed by atoms with Gasteiger partial charge in [0.2, 0.25) is 0 Å². The number of amides is 2. The zero-order valence-electron chi connectivity index (χ0n) is 17.3. The largest absolute Gasteiger partial charge is 0.416 e. The van der Waals surface area contributed by atoms with Gasteiger partial charge in [0.15, 0.2) is 0 Å². The number of nitrogens with one attached hydrogen (secondary N) is 2. The van der Waals surface area contributed by atoms with Crippen LogP contribution in [0.25, 0.3) is 5.69 Å². The van der Waals surface area contributed by atoms with Crippen LogP contribution in [0.1, 0.15) is 22.5 Å². The summed E-state index contributed by atoms with van der Waals surface area (Å²) in [5.74, 6) is -2.31. The van der Waals surface area contributed by atoms with E-state index in [2.05, 4.69) is 15.8 Å². The zero-order chi connectivity index (χ0) is 24.3. The lowest BCUT2D eigenvalue weighted by atomic mass is 10.2. The van der Waals surface area contributed by atoms with Gasteiger partial charge in [0, 0.05) is 27.7 Å². The van der Waals surface area contributed by atoms with Crippen LogP contribution in [-0.4, -0.2) is 22.6 Å². The number of rotatable bonds is 4. The third-order valence-electron chi connectivity index (χ3n) is 4.64. The Bertz CT molecular complexity index is 1250. The molecule has 1 aromatic heterocycles. The standard InChI is InChI=1S/C22H17Cl2F3N4O2/c1-12-8-14(13(2)31(12)19-10-16(23)6-7-18(19)24)11-28-30-21(33)20(32)29-17-5-3-4-15(9-17)22(25,26)27/h3-11H,1-2H3,(H,29,32)(H,30,33)/b28-11-. The van der Waals surface area contributed by atoms with E-state index in [-0.39, 0.29) is 5.69 Å². The van der Waals surface area contributed by atoms with E-state index in [1.165, 1.54) is 12.3 Å². The van der Waals surface area contributed by atoms with E-state index >= 15 is 0 Å². The minimum atomic E-state index is -4.57. The molecule has 0 fully saturated rings. The quantitative estimate of drug-likeness (QED) is 0.284. The van der Waals surface area contributed by atoms with Crippen molar-refractivity contribution >= 4 is 46.9 Å². The molecule has 0 aliphatic heterocycles. The molecule has 0 atom stereocenters. The number of aryl methyl sites for hydroxylation is 1. The molecule has 0 radical (unpaired) electrons. The van der Waals surface area contributed by atoms with E-state index in [9.17, 15) is 22.8 Å². The Labute approximate surface area is 197 Å². The second-order valence-corrected chi connectivity index (χ2v) is 7.83. The average molecular weight is 497 g/mol. The first-order chi connectivity index (χ1) is 15.5. The number of hydrogen-bond donors (Lipinski definition) is 2. The molecule has 0 bridgehead atoms. The first kappa shape index (κ1) is 24.3. The van der Waals surface area contributed by atoms with E-state index in [1.807, 2.05) is 18.4 Å². The molecule has 2 N–H and O–H groups in total. The number of halogens is 5. The van der Waals surface area contributed by atoms with Crippen LogP contribution in [0.5, 0.6) is 0 Å². The minimum absolute atomic E-state index is 0.170. The average Bonchev–Trinajstić information content (AvgIpc) is 3.02. The molecule has 11 heteroatoms. The molecule has 3 aromatic rings. The van der Waals surface area contributed by atoms with Crippen molar-refractivity contribution in [3.8, 4) is 5.69 Å². The molecule has 2 aromatic carbocycles. The Morgan fingerprint density at radius 1 is 1.03 bits per heavy atom. The van der Waals surface area contributed by atoms with E-state index in [1.54, 1.807) is 24.3 Å². The summed E-state index contributed by atoms with van der Waals surface area (Å²) in [5, 5.41) is 6.88. The van der Waals surface area contributed by atoms with Crippen molar-refractivity contribution in [3.63, 3.8) is 0 Å². The summed E-state index contributed by atoms with van der Waals surface area (Å²) in [7, 11) is 0. The molecule has 33 heavy (non-hydrogen) atoms. The summed E-state index contributed by atoms with van der Waals surface area (Å²) in [5.41, 5.74) is 3.82. The maximum atomic E-state index is 12.8. The SMILES string of the molecule is Cc1cc(/C=N\NC(=O)C(=O)Nc2cccc(C(F)(F)F)c2)c(C)n1-c1cc(Cl)ccc1Cl. The van der Waals surface area contributed by atoms with Crippen molar-refractivity contribution in [1.82, 2.24) is 9.99 Å². The summed E-state index contributed by atoms with van der Waals surface area (Å²) in [6.07, 6.45) is -3.23. The molecule has 2 amide bonds. The van der Waals surface area contributed by atoms with Gasteiger partial charge >= 0.3 is 18.0 Å². The molecule has 172 valence electrons. The molecular weight excluding hydrogens is 480 g/mol. The van der Waals surface area contributed by atoms with E-state index in [0.29, 0.717) is 21.3 Å². The third-order valence-corrected chi connectivity index (χ3v) is 5.20. The number of hydrazone groups is 1. The van der Waals surface area contributed by atoms with Crippen molar-refractivity contribution in [1.29, 1.82) is 0 Å². The van der Waals surface area contributed by atoms with Crippen molar-refractivity contribution < 1.29 is 22.8 Å². The van der Waals surface area contributed by atoms with Gasteiger partial charge in [0.05, 0.1) is 22.5 Å². The van der Waals surface area contributed by atoms with Crippen LogP contribution in [0.4, 0.5) is 18.9 Å². The fourth-order valence-corrected chi connectivity index (χ4v) is 3.49. The lowest BCUT2D eigenvalue weighted by molar-refractivity contribution is -0.137. The molecule has 0 spiro atoms. The predicted octanol–water partition coefficient (Wildman–Crippen LogP) is 5.51. The molecule has 0 aliphatic carbocycles. The van der Waals surface area contributed by atoms with Crippen LogP contribution in [0, 0.1) is 13.8 Å². The van der Waals surface area contributed by atoms with Gasteiger partial charge < -0.3 is 9.88 Å². The number of carbonyl (C=O) groups is 2. The summed E-state index contributed by atoms with van der Waals surface area (Å²) in [6, 6.07) is 10.8. The summed E-state index contributed by atoms with van der Waals surface area (Å²) in [4.78, 5) is 24.0. The Morgan fingerprint density at radius 3 is 2.45 bits per heavy atom. The minimum Gasteiger partial charge on any atom is -0.318 e. The molecule has 1 heterocycles. The number of carbonyl (C=O) groups excluding carboxylic acids is 2. The van der Waals surface area contributed by atoms with Gasteiger partial charge in [-0.1, -0.05) is 29.3 Å². The number of benzene rings is 2. The van der Waals surface area contributed by atoms with Crippen LogP contribution in [0.2, 0.25) is 10.0 Å². The molecular formula is C22H17Cl2F3N4O2. The Morgan fingerprint density at radius 2 is 1.76 bits per heavy atom. The van der Waals surface area contributed by atoms with E-state index in [4.69, 9.17) is 23.2 Å². The number of hydrogen-bond acceptors (Lipinski definition) is 3. The zero-order valence-corrected chi connectivity index (χ0v) is 18.8. The van der Waals surface area contributed by atoms with Crippen molar-refractivity contribution in [3.05, 3.63) is 81.1 Å². The van der Waals surface area contributed by atoms with Gasteiger partial charge in [-0.15, -0.1) is 0 Å². The molecule has 3 rings (SSSR count). The van der Waals surface area contributed by atoms with Crippen molar-refractivity contribution in [2.75, 3.05) is 5.32 Å². The summed E-state index contributed by atoms with van der Waals surface area (Å²) in [6.45, 7) is 3.66. The first-order valence-corrected chi connectivity index (χ1v) is 10.2. The van der Waals surface area contributed by atoms with Crippen LogP contribution < -0.4 is 10.7 Å². The van der Waals surface area contributed by atoms with Crippen LogP contribution in [-0.2, 0) is 15.8 Å². The maximum absolute atomic E-state index is 12.8. The van der Waals surface area contributed by atoms with E-state index < -0.39 is 23.6 Å². The number of alkyl halides is 3. The second kappa shape index (κ2) is 9.68. The maximum Gasteiger partial charge on any atom is 0.416 e. The second-order valence-electron chi connectivity index (χ2n) is 6.99. The topological polar surface area (TPSA) is 75.5 Å². The number of nitrogens with zero attached hydrogens (tertiary/aromatic N) is 2. The smallest absolute Gasteiger partial charge is 0.318 e.